The monoisotopic (exact) mass is 350 g/mol. The van der Waals surface area contributed by atoms with E-state index in [4.69, 9.17) is 16.4 Å². The standard InChI is InChI=1S/C20H38N4O/c1-2-3-4-5-6-7-8-9-10-11-12-13-14-15-16-17-19(25)24(18-21)20(22)23/h2-17H2,1H3,(H3,22,23). The molecule has 25 heavy (non-hydrogen) atoms. The van der Waals surface area contributed by atoms with Gasteiger partial charge < -0.3 is 5.73 Å². The van der Waals surface area contributed by atoms with Crippen LogP contribution in [0.25, 0.3) is 0 Å². The number of nitrogens with two attached hydrogens (primary N) is 1. The first-order valence-electron chi connectivity index (χ1n) is 10.2. The molecule has 144 valence electrons. The highest BCUT2D eigenvalue weighted by Crippen LogP contribution is 2.13. The van der Waals surface area contributed by atoms with Crippen LogP contribution in [0, 0.1) is 16.9 Å². The number of hydrogen-bond acceptors (Lipinski definition) is 3. The topological polar surface area (TPSA) is 94.0 Å². The van der Waals surface area contributed by atoms with E-state index in [0.29, 0.717) is 11.3 Å². The van der Waals surface area contributed by atoms with Gasteiger partial charge in [-0.2, -0.15) is 10.2 Å². The zero-order valence-electron chi connectivity index (χ0n) is 16.2. The fraction of sp³-hybridized carbons (Fsp3) is 0.850. The fourth-order valence-electron chi connectivity index (χ4n) is 3.00. The van der Waals surface area contributed by atoms with Gasteiger partial charge in [-0.25, -0.2) is 0 Å². The number of carbonyl (C=O) groups is 1. The Kier molecular flexibility index (Phi) is 16.2. The number of unbranched alkanes of at least 4 members (excludes halogenated alkanes) is 14. The Balaban J connectivity index is 3.28. The summed E-state index contributed by atoms with van der Waals surface area (Å²) >= 11 is 0. The Morgan fingerprint density at radius 3 is 1.52 bits per heavy atom. The van der Waals surface area contributed by atoms with Crippen LogP contribution in [-0.4, -0.2) is 16.8 Å². The molecule has 0 radical (unpaired) electrons. The number of rotatable bonds is 16. The average molecular weight is 351 g/mol. The molecule has 0 saturated carbocycles. The molecule has 0 atom stereocenters. The highest BCUT2D eigenvalue weighted by atomic mass is 16.2. The van der Waals surface area contributed by atoms with E-state index in [1.807, 2.05) is 0 Å². The Morgan fingerprint density at radius 2 is 1.20 bits per heavy atom. The van der Waals surface area contributed by atoms with Crippen molar-refractivity contribution in [3.05, 3.63) is 0 Å². The van der Waals surface area contributed by atoms with Crippen molar-refractivity contribution in [2.75, 3.05) is 0 Å². The van der Waals surface area contributed by atoms with Gasteiger partial charge in [0.2, 0.25) is 11.9 Å². The molecule has 0 aromatic carbocycles. The molecular weight excluding hydrogens is 312 g/mol. The Bertz CT molecular complexity index is 390. The predicted molar refractivity (Wildman–Crippen MR) is 104 cm³/mol. The van der Waals surface area contributed by atoms with Crippen LogP contribution in [0.1, 0.15) is 110 Å². The van der Waals surface area contributed by atoms with E-state index in [1.165, 1.54) is 77.0 Å². The number of nitriles is 1. The average Bonchev–Trinajstić information content (AvgIpc) is 2.58. The molecule has 1 amide bonds. The van der Waals surface area contributed by atoms with Crippen molar-refractivity contribution in [1.29, 1.82) is 10.7 Å². The van der Waals surface area contributed by atoms with E-state index in [2.05, 4.69) is 6.92 Å². The zero-order valence-corrected chi connectivity index (χ0v) is 16.2. The van der Waals surface area contributed by atoms with Crippen molar-refractivity contribution in [3.8, 4) is 6.19 Å². The van der Waals surface area contributed by atoms with Crippen molar-refractivity contribution in [2.24, 2.45) is 5.73 Å². The molecule has 0 unspecified atom stereocenters. The van der Waals surface area contributed by atoms with Crippen molar-refractivity contribution in [1.82, 2.24) is 4.90 Å². The molecular formula is C20H38N4O. The van der Waals surface area contributed by atoms with Crippen LogP contribution in [-0.2, 0) is 4.79 Å². The van der Waals surface area contributed by atoms with Gasteiger partial charge >= 0.3 is 0 Å². The quantitative estimate of drug-likeness (QED) is 0.127. The third kappa shape index (κ3) is 14.5. The second kappa shape index (κ2) is 17.3. The summed E-state index contributed by atoms with van der Waals surface area (Å²) < 4.78 is 0. The number of nitrogens with zero attached hydrogens (tertiary/aromatic N) is 2. The molecule has 0 saturated heterocycles. The summed E-state index contributed by atoms with van der Waals surface area (Å²) in [4.78, 5) is 12.3. The third-order valence-corrected chi connectivity index (χ3v) is 4.58. The normalized spacial score (nSPS) is 10.4. The molecule has 0 bridgehead atoms. The minimum Gasteiger partial charge on any atom is -0.369 e. The lowest BCUT2D eigenvalue weighted by atomic mass is 10.0. The lowest BCUT2D eigenvalue weighted by Crippen LogP contribution is -2.37. The van der Waals surface area contributed by atoms with Gasteiger partial charge in [0.05, 0.1) is 0 Å². The molecule has 0 fully saturated rings. The van der Waals surface area contributed by atoms with Crippen LogP contribution >= 0.6 is 0 Å². The van der Waals surface area contributed by atoms with E-state index in [1.54, 1.807) is 6.19 Å². The Labute approximate surface area is 154 Å². The molecule has 0 aliphatic carbocycles. The van der Waals surface area contributed by atoms with Gasteiger partial charge in [-0.05, 0) is 6.42 Å². The molecule has 0 aliphatic heterocycles. The summed E-state index contributed by atoms with van der Waals surface area (Å²) in [7, 11) is 0. The van der Waals surface area contributed by atoms with Crippen LogP contribution < -0.4 is 5.73 Å². The summed E-state index contributed by atoms with van der Waals surface area (Å²) in [5, 5.41) is 15.9. The van der Waals surface area contributed by atoms with Crippen LogP contribution in [0.15, 0.2) is 0 Å². The minimum absolute atomic E-state index is 0.297. The highest BCUT2D eigenvalue weighted by molar-refractivity contribution is 5.96. The van der Waals surface area contributed by atoms with Gasteiger partial charge in [0.1, 0.15) is 0 Å². The van der Waals surface area contributed by atoms with Crippen molar-refractivity contribution < 1.29 is 4.79 Å². The molecule has 5 heteroatoms. The maximum Gasteiger partial charge on any atom is 0.242 e. The van der Waals surface area contributed by atoms with E-state index in [0.717, 1.165) is 19.3 Å². The number of nitrogens with one attached hydrogen (secondary N) is 1. The maximum absolute atomic E-state index is 11.6. The number of carbonyl (C=O) groups excluding carboxylic acids is 1. The maximum atomic E-state index is 11.6. The molecule has 0 rings (SSSR count). The first-order valence-corrected chi connectivity index (χ1v) is 10.2. The summed E-state index contributed by atoms with van der Waals surface area (Å²) in [6.07, 6.45) is 21.1. The van der Waals surface area contributed by atoms with Gasteiger partial charge in [0.15, 0.2) is 6.19 Å². The summed E-state index contributed by atoms with van der Waals surface area (Å²) in [5.41, 5.74) is 5.17. The van der Waals surface area contributed by atoms with E-state index < -0.39 is 5.96 Å². The Morgan fingerprint density at radius 1 is 0.840 bits per heavy atom. The number of guanidine groups is 1. The van der Waals surface area contributed by atoms with Gasteiger partial charge in [0, 0.05) is 6.42 Å². The van der Waals surface area contributed by atoms with Gasteiger partial charge in [-0.1, -0.05) is 96.8 Å². The molecule has 0 aromatic heterocycles. The zero-order chi connectivity index (χ0) is 18.8. The smallest absolute Gasteiger partial charge is 0.242 e. The largest absolute Gasteiger partial charge is 0.369 e. The fourth-order valence-corrected chi connectivity index (χ4v) is 3.00. The number of hydrogen-bond donors (Lipinski definition) is 2. The highest BCUT2D eigenvalue weighted by Gasteiger charge is 2.14. The molecule has 3 N–H and O–H groups in total. The van der Waals surface area contributed by atoms with Crippen molar-refractivity contribution in [2.45, 2.75) is 110 Å². The first kappa shape index (κ1) is 23.4. The first-order chi connectivity index (χ1) is 12.1. The summed E-state index contributed by atoms with van der Waals surface area (Å²) in [6, 6.07) is 0. The number of amides is 1. The van der Waals surface area contributed by atoms with Crippen molar-refractivity contribution >= 4 is 11.9 Å². The molecule has 5 nitrogen and oxygen atoms in total. The SMILES string of the molecule is CCCCCCCCCCCCCCCCCC(=O)N(C#N)C(=N)N. The van der Waals surface area contributed by atoms with Gasteiger partial charge in [-0.3, -0.25) is 10.2 Å². The second-order valence-corrected chi connectivity index (χ2v) is 6.91. The summed E-state index contributed by atoms with van der Waals surface area (Å²) in [6.45, 7) is 2.26. The molecule has 0 aromatic rings. The summed E-state index contributed by atoms with van der Waals surface area (Å²) in [5.74, 6) is -0.863. The van der Waals surface area contributed by atoms with Crippen LogP contribution in [0.4, 0.5) is 0 Å². The van der Waals surface area contributed by atoms with Crippen LogP contribution in [0.2, 0.25) is 0 Å². The van der Waals surface area contributed by atoms with Crippen LogP contribution in [0.3, 0.4) is 0 Å². The molecule has 0 heterocycles. The minimum atomic E-state index is -0.492. The van der Waals surface area contributed by atoms with E-state index in [9.17, 15) is 4.79 Å². The van der Waals surface area contributed by atoms with Crippen LogP contribution in [0.5, 0.6) is 0 Å². The van der Waals surface area contributed by atoms with Gasteiger partial charge in [0.25, 0.3) is 0 Å². The third-order valence-electron chi connectivity index (χ3n) is 4.58. The molecule has 0 aliphatic rings. The van der Waals surface area contributed by atoms with E-state index in [-0.39, 0.29) is 5.91 Å². The lowest BCUT2D eigenvalue weighted by Gasteiger charge is -2.10. The Hall–Kier alpha value is -1.57. The second-order valence-electron chi connectivity index (χ2n) is 6.91. The molecule has 0 spiro atoms. The van der Waals surface area contributed by atoms with E-state index >= 15 is 0 Å². The predicted octanol–water partition coefficient (Wildman–Crippen LogP) is 5.45. The van der Waals surface area contributed by atoms with Crippen molar-refractivity contribution in [3.63, 3.8) is 0 Å². The van der Waals surface area contributed by atoms with Gasteiger partial charge in [-0.15, -0.1) is 0 Å². The lowest BCUT2D eigenvalue weighted by molar-refractivity contribution is -0.125.